The summed E-state index contributed by atoms with van der Waals surface area (Å²) in [5.74, 6) is 0. The fraction of sp³-hybridized carbons (Fsp3) is 0.167. The average Bonchev–Trinajstić information content (AvgIpc) is 2.34. The first-order valence-electron chi connectivity index (χ1n) is 5.37. The predicted molar refractivity (Wildman–Crippen MR) is 72.6 cm³/mol. The molecular formula is C12H12N4OS. The summed E-state index contributed by atoms with van der Waals surface area (Å²) < 4.78 is 1.30. The summed E-state index contributed by atoms with van der Waals surface area (Å²) in [7, 11) is 0. The minimum Gasteiger partial charge on any atom is -0.265 e. The Labute approximate surface area is 109 Å². The summed E-state index contributed by atoms with van der Waals surface area (Å²) in [4.78, 5) is 11.8. The summed E-state index contributed by atoms with van der Waals surface area (Å²) >= 11 is 4.97. The molecule has 1 aromatic carbocycles. The van der Waals surface area contributed by atoms with Crippen LogP contribution in [0, 0.1) is 18.6 Å². The zero-order chi connectivity index (χ0) is 13.1. The monoisotopic (exact) mass is 260 g/mol. The number of nitrogens with zero attached hydrogens (tertiary/aromatic N) is 3. The van der Waals surface area contributed by atoms with Crippen LogP contribution < -0.4 is 5.56 Å². The molecular weight excluding hydrogens is 248 g/mol. The lowest BCUT2D eigenvalue weighted by molar-refractivity contribution is 0.720. The van der Waals surface area contributed by atoms with E-state index in [0.29, 0.717) is 5.69 Å². The molecule has 0 spiro atoms. The van der Waals surface area contributed by atoms with Crippen molar-refractivity contribution in [1.82, 2.24) is 14.9 Å². The van der Waals surface area contributed by atoms with E-state index >= 15 is 0 Å². The molecule has 0 aliphatic rings. The molecule has 0 unspecified atom stereocenters. The zero-order valence-corrected chi connectivity index (χ0v) is 10.9. The van der Waals surface area contributed by atoms with Crippen LogP contribution >= 0.6 is 12.2 Å². The number of benzene rings is 1. The van der Waals surface area contributed by atoms with E-state index in [1.807, 2.05) is 31.2 Å². The first kappa shape index (κ1) is 12.4. The Hall–Kier alpha value is -2.08. The molecule has 0 fully saturated rings. The van der Waals surface area contributed by atoms with Gasteiger partial charge in [0.05, 0.1) is 6.21 Å². The first-order valence-corrected chi connectivity index (χ1v) is 5.78. The van der Waals surface area contributed by atoms with Gasteiger partial charge in [0.2, 0.25) is 4.77 Å². The third-order valence-corrected chi connectivity index (χ3v) is 2.64. The van der Waals surface area contributed by atoms with Crippen LogP contribution in [0.2, 0.25) is 0 Å². The van der Waals surface area contributed by atoms with Crippen molar-refractivity contribution in [3.8, 4) is 0 Å². The van der Waals surface area contributed by atoms with E-state index in [1.165, 1.54) is 0 Å². The van der Waals surface area contributed by atoms with Crippen molar-refractivity contribution in [2.24, 2.45) is 5.10 Å². The van der Waals surface area contributed by atoms with Crippen molar-refractivity contribution in [2.45, 2.75) is 13.8 Å². The lowest BCUT2D eigenvalue weighted by Gasteiger charge is -1.99. The molecule has 1 N–H and O–H groups in total. The van der Waals surface area contributed by atoms with E-state index in [9.17, 15) is 4.79 Å². The molecule has 2 rings (SSSR count). The standard InChI is InChI=1S/C12H12N4OS/c1-8-4-3-5-10(6-8)7-13-16-11(17)9(2)14-15-12(16)18/h3-7H,1-2H3,(H,15,18)/b13-7-. The van der Waals surface area contributed by atoms with Crippen LogP contribution in [0.15, 0.2) is 34.2 Å². The van der Waals surface area contributed by atoms with Gasteiger partial charge in [-0.15, -0.1) is 0 Å². The minimum absolute atomic E-state index is 0.175. The molecule has 1 heterocycles. The molecule has 92 valence electrons. The first-order chi connectivity index (χ1) is 8.58. The van der Waals surface area contributed by atoms with Crippen molar-refractivity contribution < 1.29 is 0 Å². The van der Waals surface area contributed by atoms with Crippen molar-refractivity contribution in [2.75, 3.05) is 0 Å². The van der Waals surface area contributed by atoms with Gasteiger partial charge in [-0.1, -0.05) is 29.8 Å². The molecule has 0 aliphatic carbocycles. The number of aromatic nitrogens is 3. The van der Waals surface area contributed by atoms with Gasteiger partial charge in [0.1, 0.15) is 5.69 Å². The number of nitrogens with one attached hydrogen (secondary N) is 1. The lowest BCUT2D eigenvalue weighted by atomic mass is 10.2. The Balaban J connectivity index is 2.44. The summed E-state index contributed by atoms with van der Waals surface area (Å²) in [5.41, 5.74) is 2.04. The van der Waals surface area contributed by atoms with Crippen molar-refractivity contribution in [3.63, 3.8) is 0 Å². The molecule has 18 heavy (non-hydrogen) atoms. The smallest absolute Gasteiger partial charge is 0.265 e. The Kier molecular flexibility index (Phi) is 3.47. The number of aromatic amines is 1. The average molecular weight is 260 g/mol. The molecule has 0 amide bonds. The highest BCUT2D eigenvalue weighted by molar-refractivity contribution is 7.71. The van der Waals surface area contributed by atoms with Crippen LogP contribution in [0.25, 0.3) is 0 Å². The maximum absolute atomic E-state index is 11.8. The molecule has 0 saturated heterocycles. The van der Waals surface area contributed by atoms with E-state index in [-0.39, 0.29) is 10.3 Å². The van der Waals surface area contributed by atoms with E-state index in [4.69, 9.17) is 12.2 Å². The van der Waals surface area contributed by atoms with E-state index in [0.717, 1.165) is 15.8 Å². The van der Waals surface area contributed by atoms with E-state index in [1.54, 1.807) is 13.1 Å². The van der Waals surface area contributed by atoms with Crippen molar-refractivity contribution in [1.29, 1.82) is 0 Å². The number of hydrogen-bond acceptors (Lipinski definition) is 4. The van der Waals surface area contributed by atoms with Gasteiger partial charge in [0.25, 0.3) is 5.56 Å². The fourth-order valence-corrected chi connectivity index (χ4v) is 1.63. The molecule has 0 saturated carbocycles. The fourth-order valence-electron chi connectivity index (χ4n) is 1.45. The maximum Gasteiger partial charge on any atom is 0.296 e. The molecule has 2 aromatic rings. The van der Waals surface area contributed by atoms with Gasteiger partial charge in [-0.25, -0.2) is 0 Å². The second-order valence-corrected chi connectivity index (χ2v) is 4.28. The number of rotatable bonds is 2. The summed E-state index contributed by atoms with van der Waals surface area (Å²) in [5, 5.41) is 10.4. The molecule has 0 atom stereocenters. The third-order valence-electron chi connectivity index (χ3n) is 2.38. The normalized spacial score (nSPS) is 11.0. The zero-order valence-electron chi connectivity index (χ0n) is 10.0. The maximum atomic E-state index is 11.8. The largest absolute Gasteiger partial charge is 0.296 e. The predicted octanol–water partition coefficient (Wildman–Crippen LogP) is 1.80. The van der Waals surface area contributed by atoms with Crippen LogP contribution in [-0.2, 0) is 0 Å². The summed E-state index contributed by atoms with van der Waals surface area (Å²) in [6, 6.07) is 7.79. The van der Waals surface area contributed by atoms with Gasteiger partial charge >= 0.3 is 0 Å². The van der Waals surface area contributed by atoms with Gasteiger partial charge in [-0.3, -0.25) is 9.89 Å². The highest BCUT2D eigenvalue weighted by Crippen LogP contribution is 2.01. The highest BCUT2D eigenvalue weighted by atomic mass is 32.1. The van der Waals surface area contributed by atoms with Crippen molar-refractivity contribution >= 4 is 18.4 Å². The van der Waals surface area contributed by atoms with E-state index in [2.05, 4.69) is 15.3 Å². The summed E-state index contributed by atoms with van der Waals surface area (Å²) in [6.45, 7) is 3.60. The SMILES string of the molecule is Cc1cccc(/C=N\n2c(=S)[nH]nc(C)c2=O)c1. The molecule has 0 aliphatic heterocycles. The molecule has 6 heteroatoms. The number of hydrogen-bond donors (Lipinski definition) is 1. The molecule has 5 nitrogen and oxygen atoms in total. The van der Waals surface area contributed by atoms with Crippen molar-refractivity contribution in [3.05, 3.63) is 56.2 Å². The Morgan fingerprint density at radius 2 is 2.22 bits per heavy atom. The molecule has 0 radical (unpaired) electrons. The highest BCUT2D eigenvalue weighted by Gasteiger charge is 2.00. The van der Waals surface area contributed by atoms with Gasteiger partial charge in [-0.05, 0) is 31.6 Å². The lowest BCUT2D eigenvalue weighted by Crippen LogP contribution is -2.22. The van der Waals surface area contributed by atoms with Crippen LogP contribution in [-0.4, -0.2) is 21.1 Å². The quantitative estimate of drug-likeness (QED) is 0.661. The van der Waals surface area contributed by atoms with Crippen LogP contribution in [0.5, 0.6) is 0 Å². The topological polar surface area (TPSA) is 63.0 Å². The van der Waals surface area contributed by atoms with Gasteiger partial charge in [0, 0.05) is 0 Å². The molecule has 1 aromatic heterocycles. The van der Waals surface area contributed by atoms with Crippen LogP contribution in [0.3, 0.4) is 0 Å². The Morgan fingerprint density at radius 1 is 1.44 bits per heavy atom. The molecule has 0 bridgehead atoms. The third kappa shape index (κ3) is 2.60. The second-order valence-electron chi connectivity index (χ2n) is 3.89. The second kappa shape index (κ2) is 5.05. The van der Waals surface area contributed by atoms with Crippen LogP contribution in [0.1, 0.15) is 16.8 Å². The summed E-state index contributed by atoms with van der Waals surface area (Å²) in [6.07, 6.45) is 1.59. The van der Waals surface area contributed by atoms with Crippen LogP contribution in [0.4, 0.5) is 0 Å². The van der Waals surface area contributed by atoms with Gasteiger partial charge in [0.15, 0.2) is 0 Å². The Morgan fingerprint density at radius 3 is 2.94 bits per heavy atom. The number of H-pyrrole nitrogens is 1. The minimum atomic E-state index is -0.317. The van der Waals surface area contributed by atoms with Gasteiger partial charge < -0.3 is 0 Å². The number of aryl methyl sites for hydroxylation is 2. The van der Waals surface area contributed by atoms with E-state index < -0.39 is 0 Å². The Bertz CT molecular complexity index is 715. The van der Waals surface area contributed by atoms with Gasteiger partial charge in [-0.2, -0.15) is 14.9 Å².